The summed E-state index contributed by atoms with van der Waals surface area (Å²) in [6.07, 6.45) is 0.724. The summed E-state index contributed by atoms with van der Waals surface area (Å²) < 4.78 is 79.1. The molecule has 0 aliphatic carbocycles. The standard InChI is InChI=1S/C28H30F5N5O4/c1-16(14-38-10-8-37(2)9-11-38)35-27(39)19-15-41-20(36-19)12-18(34-13-17-6-4-3-5-7-17)28(40)42-26-24(32)22(30)21(29)23(31)25(26)33/h3-7,15-16,18,34H,8-14H2,1-2H3,(H,35,39). The molecule has 9 nitrogen and oxygen atoms in total. The maximum absolute atomic E-state index is 14.2. The van der Waals surface area contributed by atoms with Gasteiger partial charge in [0.1, 0.15) is 12.3 Å². The lowest BCUT2D eigenvalue weighted by Gasteiger charge is -2.33. The molecule has 2 unspecified atom stereocenters. The van der Waals surface area contributed by atoms with E-state index in [2.05, 4.69) is 30.2 Å². The highest BCUT2D eigenvalue weighted by molar-refractivity contribution is 5.92. The zero-order valence-electron chi connectivity index (χ0n) is 22.9. The normalized spacial score (nSPS) is 15.8. The van der Waals surface area contributed by atoms with E-state index in [0.717, 1.165) is 32.4 Å². The lowest BCUT2D eigenvalue weighted by atomic mass is 10.1. The third-order valence-corrected chi connectivity index (χ3v) is 6.72. The average molecular weight is 596 g/mol. The fraction of sp³-hybridized carbons (Fsp3) is 0.393. The minimum absolute atomic E-state index is 0.0647. The molecule has 2 atom stereocenters. The van der Waals surface area contributed by atoms with Crippen molar-refractivity contribution in [2.24, 2.45) is 0 Å². The second-order valence-electron chi connectivity index (χ2n) is 10.0. The molecule has 1 saturated heterocycles. The number of aromatic nitrogens is 1. The van der Waals surface area contributed by atoms with E-state index < -0.39 is 52.8 Å². The van der Waals surface area contributed by atoms with Crippen molar-refractivity contribution in [1.82, 2.24) is 25.4 Å². The molecule has 3 aromatic rings. The highest BCUT2D eigenvalue weighted by Gasteiger charge is 2.32. The Hall–Kier alpha value is -3.88. The number of rotatable bonds is 11. The van der Waals surface area contributed by atoms with Gasteiger partial charge in [-0.15, -0.1) is 0 Å². The van der Waals surface area contributed by atoms with E-state index in [9.17, 15) is 31.5 Å². The first-order valence-electron chi connectivity index (χ1n) is 13.2. The number of halogens is 5. The fourth-order valence-electron chi connectivity index (χ4n) is 4.37. The van der Waals surface area contributed by atoms with Crippen LogP contribution in [0.5, 0.6) is 5.75 Å². The number of amides is 1. The number of carbonyl (C=O) groups is 2. The van der Waals surface area contributed by atoms with E-state index in [1.165, 1.54) is 0 Å². The van der Waals surface area contributed by atoms with Crippen molar-refractivity contribution >= 4 is 11.9 Å². The van der Waals surface area contributed by atoms with Crippen molar-refractivity contribution in [3.05, 3.63) is 82.8 Å². The lowest BCUT2D eigenvalue weighted by molar-refractivity contribution is -0.137. The van der Waals surface area contributed by atoms with Gasteiger partial charge < -0.3 is 19.4 Å². The Kier molecular flexibility index (Phi) is 10.2. The average Bonchev–Trinajstić information content (AvgIpc) is 3.46. The predicted octanol–water partition coefficient (Wildman–Crippen LogP) is 3.04. The van der Waals surface area contributed by atoms with Crippen molar-refractivity contribution in [2.45, 2.75) is 32.0 Å². The van der Waals surface area contributed by atoms with E-state index in [0.29, 0.717) is 12.1 Å². The number of carbonyl (C=O) groups excluding carboxylic acids is 2. The molecule has 2 N–H and O–H groups in total. The van der Waals surface area contributed by atoms with Crippen molar-refractivity contribution in [3.63, 3.8) is 0 Å². The molecule has 0 bridgehead atoms. The molecular weight excluding hydrogens is 565 g/mol. The molecule has 42 heavy (non-hydrogen) atoms. The van der Waals surface area contributed by atoms with Gasteiger partial charge in [0.2, 0.25) is 34.8 Å². The molecule has 0 saturated carbocycles. The van der Waals surface area contributed by atoms with Crippen LogP contribution < -0.4 is 15.4 Å². The van der Waals surface area contributed by atoms with E-state index >= 15 is 0 Å². The molecule has 2 heterocycles. The number of piperazine rings is 1. The van der Waals surface area contributed by atoms with Crippen LogP contribution in [-0.2, 0) is 17.8 Å². The number of likely N-dealkylation sites (N-methyl/N-ethyl adjacent to an activating group) is 1. The molecule has 2 aromatic carbocycles. The number of benzene rings is 2. The van der Waals surface area contributed by atoms with Crippen molar-refractivity contribution in [1.29, 1.82) is 0 Å². The lowest BCUT2D eigenvalue weighted by Crippen LogP contribution is -2.49. The van der Waals surface area contributed by atoms with Gasteiger partial charge in [-0.2, -0.15) is 8.78 Å². The minimum atomic E-state index is -2.38. The fourth-order valence-corrected chi connectivity index (χ4v) is 4.37. The highest BCUT2D eigenvalue weighted by atomic mass is 19.2. The van der Waals surface area contributed by atoms with Gasteiger partial charge in [-0.05, 0) is 19.5 Å². The summed E-state index contributed by atoms with van der Waals surface area (Å²) in [6.45, 7) is 6.18. The van der Waals surface area contributed by atoms with Gasteiger partial charge in [-0.25, -0.2) is 22.9 Å². The Balaban J connectivity index is 1.45. The van der Waals surface area contributed by atoms with Crippen LogP contribution in [0.1, 0.15) is 28.9 Å². The van der Waals surface area contributed by atoms with Crippen LogP contribution in [0.25, 0.3) is 0 Å². The van der Waals surface area contributed by atoms with Gasteiger partial charge in [0.05, 0.1) is 6.42 Å². The summed E-state index contributed by atoms with van der Waals surface area (Å²) in [5.41, 5.74) is 0.651. The first kappa shape index (κ1) is 31.1. The Labute approximate surface area is 238 Å². The molecule has 1 aliphatic heterocycles. The molecule has 1 aliphatic rings. The number of esters is 1. The number of oxazole rings is 1. The zero-order chi connectivity index (χ0) is 30.4. The Morgan fingerprint density at radius 2 is 1.60 bits per heavy atom. The number of ether oxygens (including phenoxy) is 1. The maximum Gasteiger partial charge on any atom is 0.329 e. The Bertz CT molecular complexity index is 1370. The summed E-state index contributed by atoms with van der Waals surface area (Å²) in [6, 6.07) is 7.10. The summed E-state index contributed by atoms with van der Waals surface area (Å²) in [7, 11) is 2.05. The SMILES string of the molecule is CC(CN1CCN(C)CC1)NC(=O)c1coc(CC(NCc2ccccc2)C(=O)Oc2c(F)c(F)c(F)c(F)c2F)n1. The quantitative estimate of drug-likeness (QED) is 0.115. The number of nitrogens with one attached hydrogen (secondary N) is 2. The van der Waals surface area contributed by atoms with E-state index in [1.54, 1.807) is 30.3 Å². The van der Waals surface area contributed by atoms with Crippen LogP contribution >= 0.6 is 0 Å². The van der Waals surface area contributed by atoms with Gasteiger partial charge in [-0.3, -0.25) is 15.0 Å². The molecule has 1 fully saturated rings. The molecule has 0 radical (unpaired) electrons. The predicted molar refractivity (Wildman–Crippen MR) is 140 cm³/mol. The monoisotopic (exact) mass is 595 g/mol. The van der Waals surface area contributed by atoms with Crippen LogP contribution in [0.3, 0.4) is 0 Å². The molecule has 14 heteroatoms. The molecule has 4 rings (SSSR count). The largest absolute Gasteiger partial charge is 0.448 e. The van der Waals surface area contributed by atoms with Gasteiger partial charge in [0.15, 0.2) is 11.6 Å². The van der Waals surface area contributed by atoms with Crippen LogP contribution in [0.4, 0.5) is 22.0 Å². The van der Waals surface area contributed by atoms with Crippen molar-refractivity contribution < 1.29 is 40.7 Å². The number of nitrogens with zero attached hydrogens (tertiary/aromatic N) is 3. The van der Waals surface area contributed by atoms with E-state index in [-0.39, 0.29) is 30.6 Å². The smallest absolute Gasteiger partial charge is 0.329 e. The van der Waals surface area contributed by atoms with Gasteiger partial charge in [0.25, 0.3) is 5.91 Å². The van der Waals surface area contributed by atoms with Gasteiger partial charge >= 0.3 is 5.97 Å². The first-order valence-corrected chi connectivity index (χ1v) is 13.2. The van der Waals surface area contributed by atoms with Crippen LogP contribution in [0, 0.1) is 29.1 Å². The topological polar surface area (TPSA) is 99.9 Å². The van der Waals surface area contributed by atoms with Crippen LogP contribution in [0.15, 0.2) is 41.0 Å². The summed E-state index contributed by atoms with van der Waals surface area (Å²) in [5, 5.41) is 5.65. The van der Waals surface area contributed by atoms with Gasteiger partial charge in [0, 0.05) is 45.3 Å². The molecule has 1 aromatic heterocycles. The van der Waals surface area contributed by atoms with E-state index in [1.807, 2.05) is 14.0 Å². The molecular formula is C28H30F5N5O4. The van der Waals surface area contributed by atoms with Crippen LogP contribution in [0.2, 0.25) is 0 Å². The molecule has 0 spiro atoms. The number of hydrogen-bond donors (Lipinski definition) is 2. The molecule has 1 amide bonds. The molecule has 226 valence electrons. The number of hydrogen-bond acceptors (Lipinski definition) is 8. The second-order valence-corrected chi connectivity index (χ2v) is 10.0. The summed E-state index contributed by atoms with van der Waals surface area (Å²) >= 11 is 0. The van der Waals surface area contributed by atoms with E-state index in [4.69, 9.17) is 4.42 Å². The summed E-state index contributed by atoms with van der Waals surface area (Å²) in [4.78, 5) is 34.2. The second kappa shape index (κ2) is 13.9. The maximum atomic E-state index is 14.2. The highest BCUT2D eigenvalue weighted by Crippen LogP contribution is 2.29. The van der Waals surface area contributed by atoms with Crippen LogP contribution in [-0.4, -0.2) is 78.5 Å². The zero-order valence-corrected chi connectivity index (χ0v) is 22.9. The third-order valence-electron chi connectivity index (χ3n) is 6.72. The summed E-state index contributed by atoms with van der Waals surface area (Å²) in [5.74, 6) is -15.2. The Morgan fingerprint density at radius 3 is 2.24 bits per heavy atom. The van der Waals surface area contributed by atoms with Gasteiger partial charge in [-0.1, -0.05) is 30.3 Å². The minimum Gasteiger partial charge on any atom is -0.448 e. The Morgan fingerprint density at radius 1 is 0.976 bits per heavy atom. The third kappa shape index (κ3) is 7.69. The van der Waals surface area contributed by atoms with Crippen molar-refractivity contribution in [3.8, 4) is 5.75 Å². The van der Waals surface area contributed by atoms with Crippen molar-refractivity contribution in [2.75, 3.05) is 39.8 Å². The first-order chi connectivity index (χ1) is 20.0.